The number of ether oxygens (including phenoxy) is 1. The Morgan fingerprint density at radius 2 is 2.07 bits per heavy atom. The van der Waals surface area contributed by atoms with Gasteiger partial charge in [0.2, 0.25) is 10.0 Å². The molecule has 1 aromatic heterocycles. The first kappa shape index (κ1) is 21.7. The molecule has 0 bridgehead atoms. The first-order valence-electron chi connectivity index (χ1n) is 9.37. The lowest BCUT2D eigenvalue weighted by atomic mass is 10.0. The summed E-state index contributed by atoms with van der Waals surface area (Å²) in [4.78, 5) is 29.3. The van der Waals surface area contributed by atoms with Gasteiger partial charge in [-0.05, 0) is 36.5 Å². The molecule has 1 aliphatic rings. The van der Waals surface area contributed by atoms with Crippen molar-refractivity contribution in [3.63, 3.8) is 0 Å². The number of benzene rings is 1. The molecule has 1 unspecified atom stereocenters. The summed E-state index contributed by atoms with van der Waals surface area (Å²) >= 11 is 1.30. The van der Waals surface area contributed by atoms with Gasteiger partial charge >= 0.3 is 5.97 Å². The van der Waals surface area contributed by atoms with Crippen LogP contribution in [-0.4, -0.2) is 55.1 Å². The summed E-state index contributed by atoms with van der Waals surface area (Å²) in [7, 11) is -2.18. The number of hydrogen-bond acceptors (Lipinski definition) is 6. The number of fused-ring (bicyclic) bond motifs is 1. The molecule has 3 rings (SSSR count). The van der Waals surface area contributed by atoms with Gasteiger partial charge in [0.05, 0.1) is 23.6 Å². The van der Waals surface area contributed by atoms with E-state index in [9.17, 15) is 18.0 Å². The summed E-state index contributed by atoms with van der Waals surface area (Å²) in [6.07, 6.45) is 2.16. The lowest BCUT2D eigenvalue weighted by molar-refractivity contribution is -0.141. The van der Waals surface area contributed by atoms with Gasteiger partial charge in [-0.2, -0.15) is 9.30 Å². The lowest BCUT2D eigenvalue weighted by Gasteiger charge is -2.18. The Morgan fingerprint density at radius 3 is 2.69 bits per heavy atom. The van der Waals surface area contributed by atoms with Crippen LogP contribution in [0.1, 0.15) is 38.2 Å². The topological polar surface area (TPSA) is 98.0 Å². The first-order valence-corrected chi connectivity index (χ1v) is 12.0. The number of carbonyl (C=O) groups excluding carboxylic acids is 2. The van der Waals surface area contributed by atoms with Crippen molar-refractivity contribution in [2.75, 3.05) is 19.9 Å². The molecule has 0 N–H and O–H groups in total. The van der Waals surface area contributed by atoms with Crippen LogP contribution in [0.4, 0.5) is 0 Å². The highest BCUT2D eigenvalue weighted by Crippen LogP contribution is 2.25. The highest BCUT2D eigenvalue weighted by atomic mass is 32.2. The summed E-state index contributed by atoms with van der Waals surface area (Å²) in [5.41, 5.74) is 1.92. The van der Waals surface area contributed by atoms with Crippen LogP contribution in [-0.2, 0) is 30.9 Å². The van der Waals surface area contributed by atoms with Crippen molar-refractivity contribution >= 4 is 43.5 Å². The Balaban J connectivity index is 2.09. The van der Waals surface area contributed by atoms with Crippen LogP contribution in [0.2, 0.25) is 0 Å². The average molecular weight is 440 g/mol. The molecule has 1 saturated heterocycles. The molecular formula is C19H25N3O5S2. The van der Waals surface area contributed by atoms with E-state index in [4.69, 9.17) is 4.74 Å². The van der Waals surface area contributed by atoms with Crippen molar-refractivity contribution < 1.29 is 22.7 Å². The number of carbonyl (C=O) groups is 2. The normalized spacial score (nSPS) is 18.7. The van der Waals surface area contributed by atoms with Gasteiger partial charge in [-0.25, -0.2) is 8.42 Å². The number of esters is 1. The van der Waals surface area contributed by atoms with Crippen LogP contribution < -0.4 is 4.80 Å². The Labute approximate surface area is 173 Å². The fraction of sp³-hybridized carbons (Fsp3) is 0.526. The number of thiazole rings is 1. The maximum Gasteiger partial charge on any atom is 0.325 e. The molecule has 8 nitrogen and oxygen atoms in total. The van der Waals surface area contributed by atoms with Crippen molar-refractivity contribution in [1.82, 2.24) is 8.87 Å². The number of nitrogens with zero attached hydrogens (tertiary/aromatic N) is 3. The highest BCUT2D eigenvalue weighted by Gasteiger charge is 2.36. The second kappa shape index (κ2) is 8.37. The minimum Gasteiger partial charge on any atom is -0.468 e. The van der Waals surface area contributed by atoms with Crippen molar-refractivity contribution in [2.45, 2.75) is 45.2 Å². The van der Waals surface area contributed by atoms with E-state index in [1.54, 1.807) is 4.57 Å². The van der Waals surface area contributed by atoms with E-state index < -0.39 is 27.9 Å². The molecule has 0 radical (unpaired) electrons. The van der Waals surface area contributed by atoms with Crippen LogP contribution in [0.25, 0.3) is 10.2 Å². The quantitative estimate of drug-likeness (QED) is 0.662. The SMILES string of the molecule is COC(=O)Cn1c(=NC(=O)C2CCCN2S(C)(=O)=O)sc2cc(C(C)C)ccc21. The number of rotatable bonds is 5. The number of sulfonamides is 1. The second-order valence-electron chi connectivity index (χ2n) is 7.41. The van der Waals surface area contributed by atoms with E-state index in [0.717, 1.165) is 22.0 Å². The Kier molecular flexibility index (Phi) is 6.25. The molecule has 1 fully saturated rings. The highest BCUT2D eigenvalue weighted by molar-refractivity contribution is 7.88. The van der Waals surface area contributed by atoms with Gasteiger partial charge < -0.3 is 9.30 Å². The fourth-order valence-corrected chi connectivity index (χ4v) is 5.64. The maximum atomic E-state index is 12.8. The third-order valence-electron chi connectivity index (χ3n) is 5.01. The molecule has 10 heteroatoms. The maximum absolute atomic E-state index is 12.8. The van der Waals surface area contributed by atoms with Gasteiger partial charge in [-0.3, -0.25) is 9.59 Å². The molecule has 1 aromatic carbocycles. The van der Waals surface area contributed by atoms with E-state index in [1.165, 1.54) is 22.8 Å². The van der Waals surface area contributed by atoms with Gasteiger partial charge in [0.1, 0.15) is 12.6 Å². The Hall–Kier alpha value is -2.04. The van der Waals surface area contributed by atoms with Crippen LogP contribution in [0.3, 0.4) is 0 Å². The predicted octanol–water partition coefficient (Wildman–Crippen LogP) is 1.85. The molecular weight excluding hydrogens is 414 g/mol. The summed E-state index contributed by atoms with van der Waals surface area (Å²) in [5, 5.41) is 0. The summed E-state index contributed by atoms with van der Waals surface area (Å²) in [5.74, 6) is -0.633. The average Bonchev–Trinajstić information content (AvgIpc) is 3.26. The largest absolute Gasteiger partial charge is 0.468 e. The number of amides is 1. The van der Waals surface area contributed by atoms with Crippen LogP contribution in [0.5, 0.6) is 0 Å². The van der Waals surface area contributed by atoms with E-state index in [0.29, 0.717) is 30.1 Å². The smallest absolute Gasteiger partial charge is 0.325 e. The molecule has 1 amide bonds. The Morgan fingerprint density at radius 1 is 1.34 bits per heavy atom. The van der Waals surface area contributed by atoms with Gasteiger partial charge in [-0.1, -0.05) is 31.3 Å². The van der Waals surface area contributed by atoms with E-state index in [1.807, 2.05) is 18.2 Å². The van der Waals surface area contributed by atoms with E-state index in [-0.39, 0.29) is 6.54 Å². The van der Waals surface area contributed by atoms with E-state index >= 15 is 0 Å². The standard InChI is InChI=1S/C19H25N3O5S2/c1-12(2)13-7-8-14-16(10-13)28-19(21(14)11-17(23)27-3)20-18(24)15-6-5-9-22(15)29(4,25)26/h7-8,10,12,15H,5-6,9,11H2,1-4H3. The molecule has 0 spiro atoms. The number of methoxy groups -OCH3 is 1. The number of aromatic nitrogens is 1. The third-order valence-corrected chi connectivity index (χ3v) is 7.34. The van der Waals surface area contributed by atoms with Crippen molar-refractivity contribution in [3.8, 4) is 0 Å². The minimum atomic E-state index is -3.49. The van der Waals surface area contributed by atoms with Crippen molar-refractivity contribution in [3.05, 3.63) is 28.6 Å². The van der Waals surface area contributed by atoms with Crippen LogP contribution in [0, 0.1) is 0 Å². The molecule has 158 valence electrons. The van der Waals surface area contributed by atoms with E-state index in [2.05, 4.69) is 18.8 Å². The molecule has 0 saturated carbocycles. The minimum absolute atomic E-state index is 0.0793. The zero-order valence-corrected chi connectivity index (χ0v) is 18.5. The van der Waals surface area contributed by atoms with Crippen LogP contribution >= 0.6 is 11.3 Å². The van der Waals surface area contributed by atoms with Gasteiger partial charge in [0.15, 0.2) is 4.80 Å². The molecule has 2 aromatic rings. The predicted molar refractivity (Wildman–Crippen MR) is 111 cm³/mol. The Bertz CT molecular complexity index is 1110. The summed E-state index contributed by atoms with van der Waals surface area (Å²) in [6, 6.07) is 5.13. The number of hydrogen-bond donors (Lipinski definition) is 0. The summed E-state index contributed by atoms with van der Waals surface area (Å²) in [6.45, 7) is 4.42. The van der Waals surface area contributed by atoms with Gasteiger partial charge in [0.25, 0.3) is 5.91 Å². The molecule has 29 heavy (non-hydrogen) atoms. The first-order chi connectivity index (χ1) is 13.6. The van der Waals surface area contributed by atoms with Crippen LogP contribution in [0.15, 0.2) is 23.2 Å². The van der Waals surface area contributed by atoms with Gasteiger partial charge in [0, 0.05) is 6.54 Å². The van der Waals surface area contributed by atoms with Gasteiger partial charge in [-0.15, -0.1) is 0 Å². The van der Waals surface area contributed by atoms with Crippen molar-refractivity contribution in [2.24, 2.45) is 4.99 Å². The third kappa shape index (κ3) is 4.59. The lowest BCUT2D eigenvalue weighted by Crippen LogP contribution is -2.40. The second-order valence-corrected chi connectivity index (χ2v) is 10.4. The zero-order chi connectivity index (χ0) is 21.3. The molecule has 1 atom stereocenters. The molecule has 0 aliphatic carbocycles. The molecule has 1 aliphatic heterocycles. The monoisotopic (exact) mass is 439 g/mol. The zero-order valence-electron chi connectivity index (χ0n) is 16.9. The molecule has 2 heterocycles. The van der Waals surface area contributed by atoms with Crippen molar-refractivity contribution in [1.29, 1.82) is 0 Å². The summed E-state index contributed by atoms with van der Waals surface area (Å²) < 4.78 is 32.5. The fourth-order valence-electron chi connectivity index (χ4n) is 3.43.